The monoisotopic (exact) mass is 497 g/mol. The molecule has 0 saturated carbocycles. The first-order valence-electron chi connectivity index (χ1n) is 9.74. The second-order valence-electron chi connectivity index (χ2n) is 7.13. The van der Waals surface area contributed by atoms with Crippen molar-refractivity contribution in [2.24, 2.45) is 7.05 Å². The zero-order valence-corrected chi connectivity index (χ0v) is 19.0. The van der Waals surface area contributed by atoms with Gasteiger partial charge in [-0.2, -0.15) is 13.2 Å². The van der Waals surface area contributed by atoms with Crippen molar-refractivity contribution in [3.8, 4) is 11.4 Å². The maximum Gasteiger partial charge on any atom is 0.431 e. The molecule has 0 bridgehead atoms. The molecule has 12 heteroatoms. The van der Waals surface area contributed by atoms with Crippen LogP contribution in [-0.4, -0.2) is 27.4 Å². The van der Waals surface area contributed by atoms with Gasteiger partial charge in [0, 0.05) is 18.0 Å². The van der Waals surface area contributed by atoms with E-state index < -0.39 is 40.9 Å². The van der Waals surface area contributed by atoms with E-state index in [-0.39, 0.29) is 22.0 Å². The molecule has 0 aliphatic rings. The number of thioether (sulfide) groups is 1. The summed E-state index contributed by atoms with van der Waals surface area (Å²) in [5.41, 5.74) is -4.58. The molecule has 3 rings (SSSR count). The van der Waals surface area contributed by atoms with E-state index in [1.807, 2.05) is 6.26 Å². The van der Waals surface area contributed by atoms with Crippen molar-refractivity contribution in [3.05, 3.63) is 80.9 Å². The molecule has 34 heavy (non-hydrogen) atoms. The highest BCUT2D eigenvalue weighted by Gasteiger charge is 2.35. The Morgan fingerprint density at radius 1 is 1.09 bits per heavy atom. The standard InChI is InChI=1S/C22H19F4N3O4S/c1-12(33-14-5-7-15(34-3)8-6-14)20(31)27-17-10-13(4-9-16(17)23)29-19(30)11-18(22(24,25)26)28(2)21(29)32/h4-12H,1-3H3,(H,27,31). The minimum atomic E-state index is -4.92. The molecule has 0 radical (unpaired) electrons. The molecule has 0 aliphatic heterocycles. The summed E-state index contributed by atoms with van der Waals surface area (Å²) >= 11 is 1.53. The van der Waals surface area contributed by atoms with Gasteiger partial charge in [0.25, 0.3) is 11.5 Å². The van der Waals surface area contributed by atoms with Gasteiger partial charge in [-0.05, 0) is 55.6 Å². The van der Waals surface area contributed by atoms with E-state index >= 15 is 0 Å². The highest BCUT2D eigenvalue weighted by molar-refractivity contribution is 7.98. The van der Waals surface area contributed by atoms with Crippen LogP contribution in [-0.2, 0) is 18.0 Å². The van der Waals surface area contributed by atoms with Crippen molar-refractivity contribution in [1.29, 1.82) is 0 Å². The quantitative estimate of drug-likeness (QED) is 0.414. The average Bonchev–Trinajstić information content (AvgIpc) is 2.78. The fourth-order valence-electron chi connectivity index (χ4n) is 3.03. The number of nitrogens with zero attached hydrogens (tertiary/aromatic N) is 2. The number of carbonyl (C=O) groups excluding carboxylic acids is 1. The molecular weight excluding hydrogens is 478 g/mol. The number of rotatable bonds is 6. The Bertz CT molecular complexity index is 1330. The number of nitrogens with one attached hydrogen (secondary N) is 1. The number of carbonyl (C=O) groups is 1. The summed E-state index contributed by atoms with van der Waals surface area (Å²) in [5, 5.41) is 2.30. The topological polar surface area (TPSA) is 82.3 Å². The smallest absolute Gasteiger partial charge is 0.431 e. The van der Waals surface area contributed by atoms with Crippen molar-refractivity contribution in [3.63, 3.8) is 0 Å². The molecular formula is C22H19F4N3O4S. The molecule has 1 amide bonds. The molecule has 1 heterocycles. The highest BCUT2D eigenvalue weighted by Crippen LogP contribution is 2.27. The minimum absolute atomic E-state index is 0.225. The van der Waals surface area contributed by atoms with Gasteiger partial charge >= 0.3 is 11.9 Å². The zero-order chi connectivity index (χ0) is 25.2. The van der Waals surface area contributed by atoms with Gasteiger partial charge in [0.15, 0.2) is 6.10 Å². The first kappa shape index (κ1) is 25.1. The number of alkyl halides is 3. The third-order valence-electron chi connectivity index (χ3n) is 4.82. The van der Waals surface area contributed by atoms with Gasteiger partial charge in [-0.15, -0.1) is 11.8 Å². The number of halogens is 4. The molecule has 7 nitrogen and oxygen atoms in total. The Kier molecular flexibility index (Phi) is 7.20. The molecule has 1 atom stereocenters. The van der Waals surface area contributed by atoms with E-state index in [2.05, 4.69) is 5.32 Å². The molecule has 1 unspecified atom stereocenters. The van der Waals surface area contributed by atoms with Crippen LogP contribution < -0.4 is 21.3 Å². The van der Waals surface area contributed by atoms with Crippen LogP contribution in [0.2, 0.25) is 0 Å². The summed E-state index contributed by atoms with van der Waals surface area (Å²) in [6.45, 7) is 1.44. The molecule has 1 N–H and O–H groups in total. The molecule has 1 aromatic heterocycles. The van der Waals surface area contributed by atoms with Crippen molar-refractivity contribution in [2.75, 3.05) is 11.6 Å². The van der Waals surface area contributed by atoms with E-state index in [1.54, 1.807) is 24.3 Å². The van der Waals surface area contributed by atoms with Crippen LogP contribution in [0, 0.1) is 5.82 Å². The molecule has 3 aromatic rings. The fourth-order valence-corrected chi connectivity index (χ4v) is 3.44. The Morgan fingerprint density at radius 3 is 2.32 bits per heavy atom. The molecule has 180 valence electrons. The Balaban J connectivity index is 1.88. The highest BCUT2D eigenvalue weighted by atomic mass is 32.2. The van der Waals surface area contributed by atoms with Crippen LogP contribution in [0.15, 0.2) is 63.0 Å². The lowest BCUT2D eigenvalue weighted by molar-refractivity contribution is -0.144. The first-order chi connectivity index (χ1) is 15.9. The SMILES string of the molecule is CSc1ccc(OC(C)C(=O)Nc2cc(-n3c(=O)cc(C(F)(F)F)n(C)c3=O)ccc2F)cc1. The summed E-state index contributed by atoms with van der Waals surface area (Å²) in [6, 6.07) is 10.1. The molecule has 2 aromatic carbocycles. The van der Waals surface area contributed by atoms with Gasteiger partial charge in [-0.1, -0.05) is 0 Å². The molecule has 0 spiro atoms. The Morgan fingerprint density at radius 2 is 1.74 bits per heavy atom. The lowest BCUT2D eigenvalue weighted by Crippen LogP contribution is -2.40. The summed E-state index contributed by atoms with van der Waals surface area (Å²) < 4.78 is 59.8. The molecule has 0 aliphatic carbocycles. The predicted molar refractivity (Wildman–Crippen MR) is 119 cm³/mol. The van der Waals surface area contributed by atoms with E-state index in [9.17, 15) is 31.9 Å². The van der Waals surface area contributed by atoms with Crippen LogP contribution in [0.25, 0.3) is 5.69 Å². The van der Waals surface area contributed by atoms with Gasteiger partial charge in [-0.25, -0.2) is 13.8 Å². The van der Waals surface area contributed by atoms with Crippen LogP contribution in [0.4, 0.5) is 23.2 Å². The third-order valence-corrected chi connectivity index (χ3v) is 5.56. The van der Waals surface area contributed by atoms with Gasteiger partial charge in [0.2, 0.25) is 0 Å². The normalized spacial score (nSPS) is 12.3. The lowest BCUT2D eigenvalue weighted by atomic mass is 10.2. The van der Waals surface area contributed by atoms with Crippen LogP contribution in [0.3, 0.4) is 0 Å². The maximum atomic E-state index is 14.3. The van der Waals surface area contributed by atoms with Crippen molar-refractivity contribution in [1.82, 2.24) is 9.13 Å². The molecule has 0 saturated heterocycles. The third kappa shape index (κ3) is 5.33. The van der Waals surface area contributed by atoms with Crippen LogP contribution in [0.1, 0.15) is 12.6 Å². The maximum absolute atomic E-state index is 14.3. The van der Waals surface area contributed by atoms with Crippen molar-refractivity contribution >= 4 is 23.4 Å². The number of benzene rings is 2. The predicted octanol–water partition coefficient (Wildman–Crippen LogP) is 3.82. The van der Waals surface area contributed by atoms with Gasteiger partial charge in [0.1, 0.15) is 17.3 Å². The summed E-state index contributed by atoms with van der Waals surface area (Å²) in [5.74, 6) is -1.20. The van der Waals surface area contributed by atoms with Crippen LogP contribution >= 0.6 is 11.8 Å². The zero-order valence-electron chi connectivity index (χ0n) is 18.1. The molecule has 0 fully saturated rings. The van der Waals surface area contributed by atoms with Crippen molar-refractivity contribution < 1.29 is 27.1 Å². The second-order valence-corrected chi connectivity index (χ2v) is 8.01. The van der Waals surface area contributed by atoms with E-state index in [0.29, 0.717) is 10.3 Å². The summed E-state index contributed by atoms with van der Waals surface area (Å²) in [4.78, 5) is 38.2. The summed E-state index contributed by atoms with van der Waals surface area (Å²) in [7, 11) is 0.859. The van der Waals surface area contributed by atoms with Crippen LogP contribution in [0.5, 0.6) is 5.75 Å². The van der Waals surface area contributed by atoms with Gasteiger partial charge < -0.3 is 10.1 Å². The van der Waals surface area contributed by atoms with E-state index in [1.165, 1.54) is 18.7 Å². The van der Waals surface area contributed by atoms with Crippen molar-refractivity contribution in [2.45, 2.75) is 24.1 Å². The number of aromatic nitrogens is 2. The van der Waals surface area contributed by atoms with Gasteiger partial charge in [-0.3, -0.25) is 14.2 Å². The summed E-state index contributed by atoms with van der Waals surface area (Å²) in [6.07, 6.45) is -4.05. The number of hydrogen-bond acceptors (Lipinski definition) is 5. The Labute approximate surface area is 195 Å². The van der Waals surface area contributed by atoms with Gasteiger partial charge in [0.05, 0.1) is 11.4 Å². The number of hydrogen-bond donors (Lipinski definition) is 1. The largest absolute Gasteiger partial charge is 0.481 e. The number of ether oxygens (including phenoxy) is 1. The van der Waals surface area contributed by atoms with E-state index in [4.69, 9.17) is 4.74 Å². The minimum Gasteiger partial charge on any atom is -0.481 e. The number of amides is 1. The average molecular weight is 497 g/mol. The second kappa shape index (κ2) is 9.75. The fraction of sp³-hybridized carbons (Fsp3) is 0.227. The Hall–Kier alpha value is -3.54. The number of anilines is 1. The lowest BCUT2D eigenvalue weighted by Gasteiger charge is -2.17. The first-order valence-corrected chi connectivity index (χ1v) is 11.0. The van der Waals surface area contributed by atoms with E-state index in [0.717, 1.165) is 30.1 Å².